The normalized spacial score (nSPS) is 11.0. The number of hydrogen-bond acceptors (Lipinski definition) is 5. The van der Waals surface area contributed by atoms with Gasteiger partial charge in [0, 0.05) is 25.4 Å². The fourth-order valence-corrected chi connectivity index (χ4v) is 3.28. The van der Waals surface area contributed by atoms with E-state index in [2.05, 4.69) is 32.6 Å². The molecule has 0 atom stereocenters. The number of hydrogen-bond donors (Lipinski definition) is 1. The summed E-state index contributed by atoms with van der Waals surface area (Å²) in [4.78, 5) is 5.61. The molecule has 0 unspecified atom stereocenters. The molecule has 0 radical (unpaired) electrons. The van der Waals surface area contributed by atoms with E-state index in [-0.39, 0.29) is 0 Å². The third-order valence-corrected chi connectivity index (χ3v) is 4.58. The van der Waals surface area contributed by atoms with Crippen LogP contribution in [0.1, 0.15) is 5.82 Å². The summed E-state index contributed by atoms with van der Waals surface area (Å²) < 4.78 is 2.01. The van der Waals surface area contributed by atoms with Gasteiger partial charge in [-0.05, 0) is 17.7 Å². The summed E-state index contributed by atoms with van der Waals surface area (Å²) in [5.74, 6) is 0.952. The molecule has 114 valence electrons. The van der Waals surface area contributed by atoms with E-state index in [1.165, 1.54) is 10.4 Å². The zero-order valence-corrected chi connectivity index (χ0v) is 13.2. The molecule has 5 nitrogen and oxygen atoms in total. The van der Waals surface area contributed by atoms with Crippen molar-refractivity contribution < 1.29 is 0 Å². The van der Waals surface area contributed by atoms with Crippen LogP contribution in [-0.4, -0.2) is 26.1 Å². The molecule has 0 saturated heterocycles. The number of anilines is 1. The topological polar surface area (TPSA) is 55.1 Å². The van der Waals surface area contributed by atoms with E-state index in [0.717, 1.165) is 29.6 Å². The minimum atomic E-state index is 0.775. The Bertz CT molecular complexity index is 913. The van der Waals surface area contributed by atoms with Gasteiger partial charge in [0.15, 0.2) is 10.8 Å². The summed E-state index contributed by atoms with van der Waals surface area (Å²) >= 11 is 1.66. The lowest BCUT2D eigenvalue weighted by molar-refractivity contribution is 0.870. The van der Waals surface area contributed by atoms with Crippen LogP contribution in [-0.2, 0) is 6.42 Å². The second kappa shape index (κ2) is 6.18. The standard InChI is InChI=1S/C17H15N5S/c1-2-6-13(7-3-1)14-12-19-17(23-14)18-10-9-16-21-20-15-8-4-5-11-22(15)16/h1-8,11-12H,9-10H2,(H,18,19). The molecule has 0 fully saturated rings. The van der Waals surface area contributed by atoms with Crippen LogP contribution in [0.3, 0.4) is 0 Å². The van der Waals surface area contributed by atoms with E-state index in [4.69, 9.17) is 0 Å². The summed E-state index contributed by atoms with van der Waals surface area (Å²) in [6, 6.07) is 16.2. The van der Waals surface area contributed by atoms with E-state index in [1.54, 1.807) is 11.3 Å². The Kier molecular flexibility index (Phi) is 3.73. The highest BCUT2D eigenvalue weighted by atomic mass is 32.1. The first-order valence-electron chi connectivity index (χ1n) is 7.44. The number of pyridine rings is 1. The van der Waals surface area contributed by atoms with Crippen LogP contribution in [0.25, 0.3) is 16.1 Å². The lowest BCUT2D eigenvalue weighted by Crippen LogP contribution is -2.07. The molecule has 0 bridgehead atoms. The molecule has 0 aliphatic carbocycles. The van der Waals surface area contributed by atoms with Crippen molar-refractivity contribution in [3.8, 4) is 10.4 Å². The second-order valence-electron chi connectivity index (χ2n) is 5.12. The van der Waals surface area contributed by atoms with Gasteiger partial charge in [0.1, 0.15) is 5.82 Å². The molecule has 3 heterocycles. The fourth-order valence-electron chi connectivity index (χ4n) is 2.43. The first-order chi connectivity index (χ1) is 11.4. The van der Waals surface area contributed by atoms with E-state index in [9.17, 15) is 0 Å². The lowest BCUT2D eigenvalue weighted by Gasteiger charge is -2.01. The van der Waals surface area contributed by atoms with Gasteiger partial charge in [-0.25, -0.2) is 4.98 Å². The monoisotopic (exact) mass is 321 g/mol. The van der Waals surface area contributed by atoms with Gasteiger partial charge in [0.25, 0.3) is 0 Å². The highest BCUT2D eigenvalue weighted by Crippen LogP contribution is 2.28. The quantitative estimate of drug-likeness (QED) is 0.611. The van der Waals surface area contributed by atoms with Gasteiger partial charge in [-0.2, -0.15) is 0 Å². The first kappa shape index (κ1) is 13.9. The van der Waals surface area contributed by atoms with Crippen molar-refractivity contribution in [3.63, 3.8) is 0 Å². The van der Waals surface area contributed by atoms with Crippen molar-refractivity contribution in [1.82, 2.24) is 19.6 Å². The van der Waals surface area contributed by atoms with Crippen molar-refractivity contribution in [2.45, 2.75) is 6.42 Å². The molecule has 0 aliphatic heterocycles. The molecule has 0 spiro atoms. The molecule has 4 rings (SSSR count). The molecule has 4 aromatic rings. The molecular formula is C17H15N5S. The average Bonchev–Trinajstić information content (AvgIpc) is 3.23. The maximum atomic E-state index is 4.44. The smallest absolute Gasteiger partial charge is 0.183 e. The van der Waals surface area contributed by atoms with Gasteiger partial charge < -0.3 is 5.32 Å². The van der Waals surface area contributed by atoms with Crippen molar-refractivity contribution >= 4 is 22.1 Å². The minimum Gasteiger partial charge on any atom is -0.361 e. The molecule has 1 N–H and O–H groups in total. The molecule has 6 heteroatoms. The second-order valence-corrected chi connectivity index (χ2v) is 6.15. The van der Waals surface area contributed by atoms with Crippen LogP contribution in [0.5, 0.6) is 0 Å². The summed E-state index contributed by atoms with van der Waals surface area (Å²) in [5.41, 5.74) is 2.07. The van der Waals surface area contributed by atoms with Crippen LogP contribution in [0.15, 0.2) is 60.9 Å². The van der Waals surface area contributed by atoms with Gasteiger partial charge in [0.2, 0.25) is 0 Å². The van der Waals surface area contributed by atoms with Crippen LogP contribution >= 0.6 is 11.3 Å². The Balaban J connectivity index is 1.41. The zero-order valence-electron chi connectivity index (χ0n) is 12.4. The Morgan fingerprint density at radius 1 is 1.00 bits per heavy atom. The number of benzene rings is 1. The Labute approximate surface area is 137 Å². The third-order valence-electron chi connectivity index (χ3n) is 3.57. The van der Waals surface area contributed by atoms with Gasteiger partial charge in [-0.3, -0.25) is 4.40 Å². The Hall–Kier alpha value is -2.73. The number of fused-ring (bicyclic) bond motifs is 1. The molecule has 23 heavy (non-hydrogen) atoms. The van der Waals surface area contributed by atoms with Gasteiger partial charge in [-0.1, -0.05) is 47.7 Å². The van der Waals surface area contributed by atoms with Gasteiger partial charge in [0.05, 0.1) is 4.88 Å². The number of thiazole rings is 1. The summed E-state index contributed by atoms with van der Waals surface area (Å²) in [5, 5.41) is 12.7. The molecule has 3 aromatic heterocycles. The van der Waals surface area contributed by atoms with Crippen molar-refractivity contribution in [3.05, 3.63) is 66.7 Å². The molecule has 1 aromatic carbocycles. The molecule has 0 aliphatic rings. The largest absolute Gasteiger partial charge is 0.361 e. The molecular weight excluding hydrogens is 306 g/mol. The zero-order chi connectivity index (χ0) is 15.5. The van der Waals surface area contributed by atoms with Crippen LogP contribution in [0, 0.1) is 0 Å². The van der Waals surface area contributed by atoms with Gasteiger partial charge in [-0.15, -0.1) is 10.2 Å². The van der Waals surface area contributed by atoms with Crippen molar-refractivity contribution in [1.29, 1.82) is 0 Å². The first-order valence-corrected chi connectivity index (χ1v) is 8.25. The number of rotatable bonds is 5. The summed E-state index contributed by atoms with van der Waals surface area (Å²) in [6.45, 7) is 0.775. The van der Waals surface area contributed by atoms with Crippen LogP contribution < -0.4 is 5.32 Å². The SMILES string of the molecule is c1ccc(-c2cnc(NCCc3nnc4ccccn34)s2)cc1. The number of aromatic nitrogens is 4. The Morgan fingerprint density at radius 3 is 2.78 bits per heavy atom. The van der Waals surface area contributed by atoms with Crippen LogP contribution in [0.4, 0.5) is 5.13 Å². The van der Waals surface area contributed by atoms with Crippen molar-refractivity contribution in [2.75, 3.05) is 11.9 Å². The number of nitrogens with one attached hydrogen (secondary N) is 1. The number of nitrogens with zero attached hydrogens (tertiary/aromatic N) is 4. The van der Waals surface area contributed by atoms with Crippen LogP contribution in [0.2, 0.25) is 0 Å². The highest BCUT2D eigenvalue weighted by molar-refractivity contribution is 7.18. The summed E-state index contributed by atoms with van der Waals surface area (Å²) in [7, 11) is 0. The highest BCUT2D eigenvalue weighted by Gasteiger charge is 2.06. The third kappa shape index (κ3) is 2.93. The van der Waals surface area contributed by atoms with E-state index < -0.39 is 0 Å². The average molecular weight is 321 g/mol. The lowest BCUT2D eigenvalue weighted by atomic mass is 10.2. The molecule has 0 amide bonds. The predicted molar refractivity (Wildman–Crippen MR) is 92.7 cm³/mol. The fraction of sp³-hybridized carbons (Fsp3) is 0.118. The summed E-state index contributed by atoms with van der Waals surface area (Å²) in [6.07, 6.45) is 4.70. The van der Waals surface area contributed by atoms with E-state index in [0.29, 0.717) is 0 Å². The van der Waals surface area contributed by atoms with Gasteiger partial charge >= 0.3 is 0 Å². The molecule has 0 saturated carbocycles. The Morgan fingerprint density at radius 2 is 1.87 bits per heavy atom. The predicted octanol–water partition coefficient (Wildman–Crippen LogP) is 3.51. The van der Waals surface area contributed by atoms with Crippen molar-refractivity contribution in [2.24, 2.45) is 0 Å². The minimum absolute atomic E-state index is 0.775. The maximum Gasteiger partial charge on any atom is 0.183 e. The van der Waals surface area contributed by atoms with E-state index >= 15 is 0 Å². The maximum absolute atomic E-state index is 4.44. The van der Waals surface area contributed by atoms with E-state index in [1.807, 2.05) is 53.2 Å².